The van der Waals surface area contributed by atoms with Crippen molar-refractivity contribution in [1.29, 1.82) is 0 Å². The first kappa shape index (κ1) is 12.3. The molecule has 1 aliphatic rings. The van der Waals surface area contributed by atoms with E-state index in [-0.39, 0.29) is 12.0 Å². The zero-order valence-corrected chi connectivity index (χ0v) is 11.1. The summed E-state index contributed by atoms with van der Waals surface area (Å²) in [5.41, 5.74) is 1.58. The van der Waals surface area contributed by atoms with E-state index in [1.165, 1.54) is 7.11 Å². The summed E-state index contributed by atoms with van der Waals surface area (Å²) in [6.45, 7) is 0.732. The van der Waals surface area contributed by atoms with Crippen LogP contribution in [-0.4, -0.2) is 19.6 Å². The maximum Gasteiger partial charge on any atom is 0.337 e. The summed E-state index contributed by atoms with van der Waals surface area (Å²) >= 11 is 0. The van der Waals surface area contributed by atoms with Gasteiger partial charge in [-0.15, -0.1) is 12.3 Å². The van der Waals surface area contributed by atoms with E-state index < -0.39 is 0 Å². The number of methoxy groups -OCH3 is 1. The van der Waals surface area contributed by atoms with Crippen molar-refractivity contribution in [3.8, 4) is 12.3 Å². The lowest BCUT2D eigenvalue weighted by molar-refractivity contribution is 0.0600. The summed E-state index contributed by atoms with van der Waals surface area (Å²) in [4.78, 5) is 11.4. The summed E-state index contributed by atoms with van der Waals surface area (Å²) in [7, 11) is 1.37. The van der Waals surface area contributed by atoms with Gasteiger partial charge in [0.05, 0.1) is 12.7 Å². The van der Waals surface area contributed by atoms with Gasteiger partial charge in [0.2, 0.25) is 0 Å². The Morgan fingerprint density at radius 1 is 1.58 bits per heavy atom. The van der Waals surface area contributed by atoms with E-state index in [0.717, 1.165) is 31.4 Å². The normalized spacial score (nSPS) is 24.3. The first-order valence-corrected chi connectivity index (χ1v) is 6.53. The number of hydrogen-bond acceptors (Lipinski definition) is 3. The van der Waals surface area contributed by atoms with Gasteiger partial charge in [0.15, 0.2) is 0 Å². The molecule has 0 aliphatic carbocycles. The van der Waals surface area contributed by atoms with Gasteiger partial charge in [0.25, 0.3) is 0 Å². The maximum absolute atomic E-state index is 11.4. The number of carbonyl (C=O) groups excluding carboxylic acids is 1. The number of benzene rings is 1. The van der Waals surface area contributed by atoms with Crippen LogP contribution in [0.2, 0.25) is 1.41 Å². The monoisotopic (exact) mass is 258 g/mol. The van der Waals surface area contributed by atoms with Gasteiger partial charge in [-0.3, -0.25) is 0 Å². The lowest BCUT2D eigenvalue weighted by atomic mass is 9.87. The number of nitrogens with one attached hydrogen (secondary N) is 1. The van der Waals surface area contributed by atoms with E-state index in [0.29, 0.717) is 11.5 Å². The van der Waals surface area contributed by atoms with Crippen LogP contribution in [0.4, 0.5) is 0 Å². The highest BCUT2D eigenvalue weighted by molar-refractivity contribution is 5.89. The molecular weight excluding hydrogens is 238 g/mol. The van der Waals surface area contributed by atoms with Gasteiger partial charge in [0, 0.05) is 12.5 Å². The van der Waals surface area contributed by atoms with Crippen LogP contribution in [0.3, 0.4) is 0 Å². The molecule has 1 fully saturated rings. The van der Waals surface area contributed by atoms with E-state index in [4.69, 9.17) is 7.84 Å². The van der Waals surface area contributed by atoms with Crippen LogP contribution in [0.1, 0.15) is 41.2 Å². The van der Waals surface area contributed by atoms with Crippen LogP contribution in [0, 0.1) is 18.3 Å². The minimum atomic E-state index is -0.340. The fourth-order valence-electron chi connectivity index (χ4n) is 2.47. The van der Waals surface area contributed by atoms with Gasteiger partial charge in [0.1, 0.15) is 1.41 Å². The standard InChI is InChI=1S/C16H19NO2/c1-3-4-12-9-10-17-15(11-12)13-5-7-14(8-6-13)16(18)19-2/h1,5-8,12,15,17H,4,9-11H2,2H3/t12?,15-/m0/s1/i/hD. The number of terminal acetylenes is 1. The molecule has 0 bridgehead atoms. The van der Waals surface area contributed by atoms with Gasteiger partial charge in [-0.1, -0.05) is 12.1 Å². The second-order valence-electron chi connectivity index (χ2n) is 4.83. The van der Waals surface area contributed by atoms with E-state index in [1.54, 1.807) is 17.4 Å². The highest BCUT2D eigenvalue weighted by Crippen LogP contribution is 2.29. The molecule has 0 radical (unpaired) electrons. The highest BCUT2D eigenvalue weighted by atomic mass is 16.5. The molecule has 3 heteroatoms. The first-order chi connectivity index (χ1) is 9.65. The molecule has 1 aliphatic heterocycles. The Kier molecular flexibility index (Phi) is 4.13. The Morgan fingerprint density at radius 3 is 2.95 bits per heavy atom. The number of piperidine rings is 1. The smallest absolute Gasteiger partial charge is 0.337 e. The Hall–Kier alpha value is -1.79. The van der Waals surface area contributed by atoms with Crippen molar-refractivity contribution in [3.05, 3.63) is 35.4 Å². The molecule has 1 saturated heterocycles. The predicted molar refractivity (Wildman–Crippen MR) is 74.7 cm³/mol. The molecule has 3 nitrogen and oxygen atoms in total. The molecule has 1 aromatic carbocycles. The van der Waals surface area contributed by atoms with Crippen molar-refractivity contribution in [2.75, 3.05) is 13.7 Å². The molecular formula is C16H19NO2. The molecule has 2 rings (SSSR count). The summed E-state index contributed by atoms with van der Waals surface area (Å²) in [6, 6.07) is 7.35. The van der Waals surface area contributed by atoms with Gasteiger partial charge in [-0.05, 0) is 43.0 Å². The zero-order chi connectivity index (χ0) is 14.5. The van der Waals surface area contributed by atoms with E-state index in [2.05, 4.69) is 10.7 Å². The number of ether oxygens (including phenoxy) is 1. The zero-order valence-electron chi connectivity index (χ0n) is 12.1. The van der Waals surface area contributed by atoms with Crippen LogP contribution in [0.15, 0.2) is 24.3 Å². The Morgan fingerprint density at radius 2 is 2.32 bits per heavy atom. The summed E-state index contributed by atoms with van der Waals surface area (Å²) in [5.74, 6) is 2.85. The minimum absolute atomic E-state index is 0.0498. The molecule has 0 aromatic heterocycles. The molecule has 0 saturated carbocycles. The van der Waals surface area contributed by atoms with E-state index in [9.17, 15) is 4.79 Å². The quantitative estimate of drug-likeness (QED) is 0.669. The topological polar surface area (TPSA) is 38.3 Å². The molecule has 1 unspecified atom stereocenters. The average Bonchev–Trinajstić information content (AvgIpc) is 2.49. The molecule has 0 amide bonds. The summed E-state index contributed by atoms with van der Waals surface area (Å²) < 4.78 is 12.7. The van der Waals surface area contributed by atoms with Crippen molar-refractivity contribution in [2.45, 2.75) is 25.3 Å². The third-order valence-corrected chi connectivity index (χ3v) is 3.57. The molecule has 2 atom stereocenters. The van der Waals surface area contributed by atoms with E-state index >= 15 is 0 Å². The predicted octanol–water partition coefficient (Wildman–Crippen LogP) is 2.54. The second-order valence-corrected chi connectivity index (χ2v) is 4.83. The lowest BCUT2D eigenvalue weighted by Gasteiger charge is -2.29. The third-order valence-electron chi connectivity index (χ3n) is 3.57. The lowest BCUT2D eigenvalue weighted by Crippen LogP contribution is -2.31. The van der Waals surface area contributed by atoms with Crippen molar-refractivity contribution in [3.63, 3.8) is 0 Å². The summed E-state index contributed by atoms with van der Waals surface area (Å²) in [5, 5.41) is 1.61. The van der Waals surface area contributed by atoms with Crippen molar-refractivity contribution in [2.24, 2.45) is 5.92 Å². The van der Waals surface area contributed by atoms with Gasteiger partial charge in [-0.25, -0.2) is 4.79 Å². The third kappa shape index (κ3) is 3.36. The molecule has 1 aromatic rings. The number of esters is 1. The van der Waals surface area contributed by atoms with Crippen LogP contribution in [-0.2, 0) is 4.74 Å². The van der Waals surface area contributed by atoms with E-state index in [1.807, 2.05) is 12.1 Å². The van der Waals surface area contributed by atoms with Crippen LogP contribution in [0.5, 0.6) is 0 Å². The average molecular weight is 258 g/mol. The molecule has 19 heavy (non-hydrogen) atoms. The first-order valence-electron chi connectivity index (χ1n) is 6.97. The Bertz CT molecular complexity index is 506. The second kappa shape index (κ2) is 6.40. The minimum Gasteiger partial charge on any atom is -0.465 e. The number of rotatable bonds is 3. The van der Waals surface area contributed by atoms with Crippen LogP contribution in [0.25, 0.3) is 0 Å². The van der Waals surface area contributed by atoms with Crippen molar-refractivity contribution in [1.82, 2.24) is 5.31 Å². The molecule has 100 valence electrons. The molecule has 0 spiro atoms. The summed E-state index contributed by atoms with van der Waals surface area (Å²) in [6.07, 6.45) is 8.02. The maximum atomic E-state index is 11.4. The molecule has 1 N–H and O–H groups in total. The molecule has 1 heterocycles. The highest BCUT2D eigenvalue weighted by Gasteiger charge is 2.22. The fourth-order valence-corrected chi connectivity index (χ4v) is 2.47. The number of carbonyl (C=O) groups is 1. The van der Waals surface area contributed by atoms with Gasteiger partial charge < -0.3 is 10.0 Å². The van der Waals surface area contributed by atoms with Gasteiger partial charge >= 0.3 is 5.97 Å². The van der Waals surface area contributed by atoms with Gasteiger partial charge in [-0.2, -0.15) is 0 Å². The SMILES string of the molecule is [2H]N1CCC(CC#C)C[C@H]1c1ccc(C(=O)OC)cc1. The van der Waals surface area contributed by atoms with Crippen molar-refractivity contribution >= 4 is 5.97 Å². The number of hydrogen-bond donors (Lipinski definition) is 1. The Balaban J connectivity index is 2.13. The van der Waals surface area contributed by atoms with Crippen LogP contribution >= 0.6 is 0 Å². The van der Waals surface area contributed by atoms with Crippen molar-refractivity contribution < 1.29 is 10.9 Å². The fraction of sp³-hybridized carbons (Fsp3) is 0.438. The van der Waals surface area contributed by atoms with Crippen LogP contribution < -0.4 is 5.31 Å². The largest absolute Gasteiger partial charge is 0.465 e. The Labute approximate surface area is 115 Å².